The van der Waals surface area contributed by atoms with Crippen molar-refractivity contribution in [2.24, 2.45) is 0 Å². The number of rotatable bonds is 12. The number of aryl methyl sites for hydroxylation is 1. The highest BCUT2D eigenvalue weighted by Gasteiger charge is 2.38. The van der Waals surface area contributed by atoms with Crippen LogP contribution in [-0.2, 0) is 21.8 Å². The molecule has 0 aromatic heterocycles. The van der Waals surface area contributed by atoms with Crippen molar-refractivity contribution in [2.45, 2.75) is 62.2 Å². The van der Waals surface area contributed by atoms with E-state index < -0.39 is 34.7 Å². The zero-order chi connectivity index (χ0) is 25.8. The topological polar surface area (TPSA) is 119 Å². The van der Waals surface area contributed by atoms with Crippen molar-refractivity contribution in [1.29, 1.82) is 0 Å². The minimum atomic E-state index is -1.53. The van der Waals surface area contributed by atoms with E-state index in [1.807, 2.05) is 60.7 Å². The average Bonchev–Trinajstić information content (AvgIpc) is 2.88. The lowest BCUT2D eigenvalue weighted by atomic mass is 10.0. The monoisotopic (exact) mass is 501 g/mol. The second-order valence-electron chi connectivity index (χ2n) is 8.77. The van der Waals surface area contributed by atoms with E-state index in [9.17, 15) is 24.7 Å². The smallest absolute Gasteiger partial charge is 0.349 e. The Morgan fingerprint density at radius 2 is 1.54 bits per heavy atom. The molecule has 0 saturated heterocycles. The molecule has 2 atom stereocenters. The summed E-state index contributed by atoms with van der Waals surface area (Å²) in [5.74, 6) is -1.00. The molecule has 9 heteroatoms. The molecule has 8 nitrogen and oxygen atoms in total. The number of unbranched alkanes of at least 4 members (excludes halogenated alkanes) is 1. The Morgan fingerprint density at radius 1 is 0.971 bits per heavy atom. The predicted octanol–water partition coefficient (Wildman–Crippen LogP) is 3.51. The molecule has 0 aliphatic rings. The lowest BCUT2D eigenvalue weighted by molar-refractivity contribution is -0.162. The number of benzene rings is 2. The van der Waals surface area contributed by atoms with Crippen LogP contribution in [0.4, 0.5) is 4.79 Å². The van der Waals surface area contributed by atoms with Crippen LogP contribution < -0.4 is 10.6 Å². The number of imide groups is 1. The fourth-order valence-electron chi connectivity index (χ4n) is 3.49. The minimum absolute atomic E-state index is 0.104. The highest BCUT2D eigenvalue weighted by molar-refractivity contribution is 7.99. The number of hydroxylamine groups is 2. The number of likely N-dealkylation sites (N-methyl/N-ethyl adjacent to an activating group) is 1. The van der Waals surface area contributed by atoms with Crippen LogP contribution in [0.2, 0.25) is 0 Å². The Balaban J connectivity index is 1.91. The molecule has 0 spiro atoms. The van der Waals surface area contributed by atoms with E-state index in [1.165, 1.54) is 18.8 Å². The molecule has 4 amide bonds. The van der Waals surface area contributed by atoms with Crippen LogP contribution in [0.15, 0.2) is 60.7 Å². The molecule has 35 heavy (non-hydrogen) atoms. The Morgan fingerprint density at radius 3 is 2.11 bits per heavy atom. The first-order chi connectivity index (χ1) is 16.7. The number of carbonyl (C=O) groups is 3. The van der Waals surface area contributed by atoms with Gasteiger partial charge in [-0.15, -0.1) is 16.8 Å². The van der Waals surface area contributed by atoms with Crippen molar-refractivity contribution < 1.29 is 24.7 Å². The highest BCUT2D eigenvalue weighted by atomic mass is 32.2. The van der Waals surface area contributed by atoms with E-state index in [1.54, 1.807) is 13.8 Å². The van der Waals surface area contributed by atoms with Crippen molar-refractivity contribution in [1.82, 2.24) is 15.7 Å². The van der Waals surface area contributed by atoms with E-state index in [4.69, 9.17) is 0 Å². The summed E-state index contributed by atoms with van der Waals surface area (Å²) in [6.45, 7) is 3.60. The lowest BCUT2D eigenvalue weighted by Crippen LogP contribution is -2.59. The van der Waals surface area contributed by atoms with Gasteiger partial charge >= 0.3 is 6.03 Å². The fourth-order valence-corrected chi connectivity index (χ4v) is 4.55. The van der Waals surface area contributed by atoms with Gasteiger partial charge in [0.1, 0.15) is 12.1 Å². The van der Waals surface area contributed by atoms with Gasteiger partial charge < -0.3 is 15.7 Å². The van der Waals surface area contributed by atoms with Gasteiger partial charge in [-0.2, -0.15) is 0 Å². The van der Waals surface area contributed by atoms with Crippen LogP contribution in [-0.4, -0.2) is 57.2 Å². The number of aliphatic hydroxyl groups excluding tert-OH is 1. The van der Waals surface area contributed by atoms with E-state index >= 15 is 0 Å². The third kappa shape index (κ3) is 9.01. The number of hydrogen-bond acceptors (Lipinski definition) is 6. The molecule has 0 heterocycles. The summed E-state index contributed by atoms with van der Waals surface area (Å²) in [4.78, 5) is 37.5. The number of amides is 4. The van der Waals surface area contributed by atoms with Crippen molar-refractivity contribution in [3.8, 4) is 0 Å². The van der Waals surface area contributed by atoms with Gasteiger partial charge in [0, 0.05) is 17.5 Å². The van der Waals surface area contributed by atoms with Crippen molar-refractivity contribution >= 4 is 29.6 Å². The average molecular weight is 502 g/mol. The molecule has 0 aliphatic heterocycles. The molecule has 190 valence electrons. The van der Waals surface area contributed by atoms with Crippen LogP contribution in [0, 0.1) is 0 Å². The van der Waals surface area contributed by atoms with Gasteiger partial charge in [0.05, 0.1) is 0 Å². The summed E-state index contributed by atoms with van der Waals surface area (Å²) in [6.07, 6.45) is 0.668. The third-order valence-electron chi connectivity index (χ3n) is 5.65. The van der Waals surface area contributed by atoms with Crippen molar-refractivity contribution in [3.63, 3.8) is 0 Å². The SMILES string of the molecule is CNC(=O)[C@H](NC(=O)N(O)C(=O)[C@@H](O)CCCCc1ccccc1)C(C)(C)SCc1ccccc1. The first-order valence-electron chi connectivity index (χ1n) is 11.6. The maximum absolute atomic E-state index is 12.6. The highest BCUT2D eigenvalue weighted by Crippen LogP contribution is 2.31. The second kappa shape index (κ2) is 13.9. The van der Waals surface area contributed by atoms with Crippen molar-refractivity contribution in [3.05, 3.63) is 71.8 Å². The van der Waals surface area contributed by atoms with Crippen LogP contribution in [0.25, 0.3) is 0 Å². The standard InChI is InChI=1S/C26H35N3O5S/c1-26(2,35-18-20-15-8-5-9-16-20)22(23(31)27-3)28-25(33)29(34)24(32)21(30)17-11-10-14-19-12-6-4-7-13-19/h4-9,12-13,15-16,21-22,30,34H,10-11,14,17-18H2,1-3H3,(H,27,31)(H,28,33)/t21-,22-/m0/s1. The molecule has 2 aromatic carbocycles. The molecule has 0 fully saturated rings. The molecular formula is C26H35N3O5S. The number of nitrogens with zero attached hydrogens (tertiary/aromatic N) is 1. The quantitative estimate of drug-likeness (QED) is 0.201. The largest absolute Gasteiger partial charge is 0.383 e. The van der Waals surface area contributed by atoms with Gasteiger partial charge in [-0.1, -0.05) is 67.1 Å². The Kier molecular flexibility index (Phi) is 11.2. The first kappa shape index (κ1) is 28.4. The Labute approximate surface area is 211 Å². The van der Waals surface area contributed by atoms with E-state index in [0.29, 0.717) is 12.2 Å². The molecule has 0 bridgehead atoms. The number of urea groups is 1. The van der Waals surface area contributed by atoms with Gasteiger partial charge in [0.25, 0.3) is 5.91 Å². The normalized spacial score (nSPS) is 12.9. The molecule has 0 radical (unpaired) electrons. The molecule has 0 aliphatic carbocycles. The minimum Gasteiger partial charge on any atom is -0.383 e. The van der Waals surface area contributed by atoms with E-state index in [-0.39, 0.29) is 11.5 Å². The summed E-state index contributed by atoms with van der Waals surface area (Å²) in [6, 6.07) is 17.3. The maximum Gasteiger partial charge on any atom is 0.349 e. The van der Waals surface area contributed by atoms with Crippen LogP contribution in [0.1, 0.15) is 44.2 Å². The maximum atomic E-state index is 12.6. The molecular weight excluding hydrogens is 466 g/mol. The molecule has 0 unspecified atom stereocenters. The van der Waals surface area contributed by atoms with Gasteiger partial charge in [-0.3, -0.25) is 14.8 Å². The first-order valence-corrected chi connectivity index (χ1v) is 12.6. The van der Waals surface area contributed by atoms with Gasteiger partial charge in [0.2, 0.25) is 5.91 Å². The summed E-state index contributed by atoms with van der Waals surface area (Å²) >= 11 is 1.45. The Bertz CT molecular complexity index is 956. The molecule has 4 N–H and O–H groups in total. The predicted molar refractivity (Wildman–Crippen MR) is 137 cm³/mol. The Hall–Kier alpha value is -2.88. The molecule has 0 saturated carbocycles. The van der Waals surface area contributed by atoms with E-state index in [2.05, 4.69) is 10.6 Å². The number of carbonyl (C=O) groups excluding carboxylic acids is 3. The summed E-state index contributed by atoms with van der Waals surface area (Å²) in [5, 5.41) is 25.1. The number of thioether (sulfide) groups is 1. The number of hydrogen-bond donors (Lipinski definition) is 4. The summed E-state index contributed by atoms with van der Waals surface area (Å²) < 4.78 is -0.772. The van der Waals surface area contributed by atoms with Crippen LogP contribution >= 0.6 is 11.8 Å². The summed E-state index contributed by atoms with van der Waals surface area (Å²) in [7, 11) is 1.44. The van der Waals surface area contributed by atoms with E-state index in [0.717, 1.165) is 24.0 Å². The zero-order valence-electron chi connectivity index (χ0n) is 20.4. The summed E-state index contributed by atoms with van der Waals surface area (Å²) in [5.41, 5.74) is 2.21. The van der Waals surface area contributed by atoms with Crippen molar-refractivity contribution in [2.75, 3.05) is 7.05 Å². The van der Waals surface area contributed by atoms with Crippen LogP contribution in [0.5, 0.6) is 0 Å². The zero-order valence-corrected chi connectivity index (χ0v) is 21.3. The molecule has 2 aromatic rings. The van der Waals surface area contributed by atoms with Crippen LogP contribution in [0.3, 0.4) is 0 Å². The fraction of sp³-hybridized carbons (Fsp3) is 0.423. The number of nitrogens with one attached hydrogen (secondary N) is 2. The van der Waals surface area contributed by atoms with Gasteiger partial charge in [-0.05, 0) is 44.2 Å². The van der Waals surface area contributed by atoms with Gasteiger partial charge in [0.15, 0.2) is 0 Å². The number of aliphatic hydroxyl groups is 1. The second-order valence-corrected chi connectivity index (χ2v) is 10.4. The van der Waals surface area contributed by atoms with Gasteiger partial charge in [-0.25, -0.2) is 4.79 Å². The lowest BCUT2D eigenvalue weighted by Gasteiger charge is -2.33. The third-order valence-corrected chi connectivity index (χ3v) is 7.10. The molecule has 2 rings (SSSR count).